The molecule has 3 aliphatic rings. The molecular weight excluding hydrogens is 529 g/mol. The summed E-state index contributed by atoms with van der Waals surface area (Å²) in [4.78, 5) is 43.5. The molecule has 2 N–H and O–H groups in total. The lowest BCUT2D eigenvalue weighted by Crippen LogP contribution is -2.43. The monoisotopic (exact) mass is 561 g/mol. The van der Waals surface area contributed by atoms with Crippen molar-refractivity contribution in [2.75, 3.05) is 41.7 Å². The lowest BCUT2D eigenvalue weighted by atomic mass is 10.0. The number of anilines is 3. The lowest BCUT2D eigenvalue weighted by Gasteiger charge is -2.33. The van der Waals surface area contributed by atoms with Gasteiger partial charge in [0.15, 0.2) is 0 Å². The first kappa shape index (κ1) is 26.9. The summed E-state index contributed by atoms with van der Waals surface area (Å²) < 4.78 is 27.8. The third-order valence-electron chi connectivity index (χ3n) is 7.45. The third-order valence-corrected chi connectivity index (χ3v) is 7.45. The predicted octanol–water partition coefficient (Wildman–Crippen LogP) is 4.32. The molecule has 6 rings (SSSR count). The van der Waals surface area contributed by atoms with E-state index < -0.39 is 17.4 Å². The molecular formula is C29H32FN7O4. The van der Waals surface area contributed by atoms with Gasteiger partial charge in [0.25, 0.3) is 5.91 Å². The van der Waals surface area contributed by atoms with Crippen LogP contribution in [0.15, 0.2) is 42.7 Å². The average molecular weight is 562 g/mol. The van der Waals surface area contributed by atoms with Crippen LogP contribution in [-0.4, -0.2) is 75.8 Å². The number of likely N-dealkylation sites (N-methyl/N-ethyl adjacent to an activating group) is 1. The molecule has 2 saturated heterocycles. The lowest BCUT2D eigenvalue weighted by molar-refractivity contribution is 0.0297. The van der Waals surface area contributed by atoms with Crippen LogP contribution in [0.1, 0.15) is 44.0 Å². The number of carbonyl (C=O) groups excluding carboxylic acids is 2. The van der Waals surface area contributed by atoms with Crippen molar-refractivity contribution in [3.05, 3.63) is 54.1 Å². The number of nitrogens with one attached hydrogen (secondary N) is 2. The Kier molecular flexibility index (Phi) is 6.94. The summed E-state index contributed by atoms with van der Waals surface area (Å²) in [7, 11) is 0. The summed E-state index contributed by atoms with van der Waals surface area (Å²) in [6, 6.07) is 6.97. The van der Waals surface area contributed by atoms with Crippen molar-refractivity contribution in [3.8, 4) is 17.1 Å². The van der Waals surface area contributed by atoms with E-state index in [9.17, 15) is 9.59 Å². The van der Waals surface area contributed by atoms with Gasteiger partial charge in [-0.1, -0.05) is 6.07 Å². The number of rotatable bonds is 5. The molecule has 2 aromatic heterocycles. The molecule has 11 nitrogen and oxygen atoms in total. The minimum absolute atomic E-state index is 0.0238. The fourth-order valence-corrected chi connectivity index (χ4v) is 5.55. The molecule has 41 heavy (non-hydrogen) atoms. The Labute approximate surface area is 237 Å². The van der Waals surface area contributed by atoms with Gasteiger partial charge in [-0.2, -0.15) is 4.98 Å². The van der Waals surface area contributed by atoms with Crippen LogP contribution < -0.4 is 20.3 Å². The van der Waals surface area contributed by atoms with Crippen molar-refractivity contribution in [2.24, 2.45) is 0 Å². The van der Waals surface area contributed by atoms with Crippen LogP contribution in [0.2, 0.25) is 0 Å². The molecule has 2 unspecified atom stereocenters. The Hall–Kier alpha value is -4.32. The molecule has 3 aromatic rings. The molecule has 3 aliphatic heterocycles. The Bertz CT molecular complexity index is 1470. The summed E-state index contributed by atoms with van der Waals surface area (Å²) in [5.41, 5.74) is 0.620. The van der Waals surface area contributed by atoms with E-state index in [1.807, 2.05) is 20.8 Å². The van der Waals surface area contributed by atoms with Crippen LogP contribution in [-0.2, 0) is 4.74 Å². The number of aromatic nitrogens is 3. The van der Waals surface area contributed by atoms with Gasteiger partial charge in [0.2, 0.25) is 11.8 Å². The van der Waals surface area contributed by atoms with E-state index in [4.69, 9.17) is 19.4 Å². The van der Waals surface area contributed by atoms with E-state index in [1.165, 1.54) is 24.5 Å². The van der Waals surface area contributed by atoms with Gasteiger partial charge in [-0.15, -0.1) is 0 Å². The minimum Gasteiger partial charge on any atom is -0.469 e. The van der Waals surface area contributed by atoms with Gasteiger partial charge >= 0.3 is 6.03 Å². The first-order chi connectivity index (χ1) is 19.7. The number of benzene rings is 1. The van der Waals surface area contributed by atoms with Crippen molar-refractivity contribution < 1.29 is 23.5 Å². The number of nitrogens with zero attached hydrogens (tertiary/aromatic N) is 5. The molecule has 12 heteroatoms. The Balaban J connectivity index is 1.38. The van der Waals surface area contributed by atoms with E-state index in [-0.39, 0.29) is 40.9 Å². The number of carbonyl (C=O) groups is 2. The molecule has 0 aliphatic carbocycles. The van der Waals surface area contributed by atoms with E-state index >= 15 is 4.39 Å². The van der Waals surface area contributed by atoms with Gasteiger partial charge in [-0.3, -0.25) is 9.78 Å². The molecule has 5 heterocycles. The van der Waals surface area contributed by atoms with Crippen LogP contribution in [0.4, 0.5) is 26.5 Å². The first-order valence-electron chi connectivity index (χ1n) is 13.8. The number of morpholine rings is 1. The Morgan fingerprint density at radius 1 is 1.10 bits per heavy atom. The van der Waals surface area contributed by atoms with E-state index in [2.05, 4.69) is 20.5 Å². The van der Waals surface area contributed by atoms with E-state index in [0.29, 0.717) is 43.4 Å². The quantitative estimate of drug-likeness (QED) is 0.472. The zero-order valence-electron chi connectivity index (χ0n) is 23.2. The largest absolute Gasteiger partial charge is 0.469 e. The van der Waals surface area contributed by atoms with Crippen molar-refractivity contribution >= 4 is 29.3 Å². The average Bonchev–Trinajstić information content (AvgIpc) is 3.24. The fourth-order valence-electron chi connectivity index (χ4n) is 5.55. The first-order valence-corrected chi connectivity index (χ1v) is 13.8. The summed E-state index contributed by atoms with van der Waals surface area (Å²) in [5.74, 6) is -0.377. The molecule has 3 amide bonds. The number of urea groups is 1. The summed E-state index contributed by atoms with van der Waals surface area (Å²) in [6.07, 6.45) is 5.21. The zero-order chi connectivity index (χ0) is 28.7. The predicted molar refractivity (Wildman–Crippen MR) is 151 cm³/mol. The van der Waals surface area contributed by atoms with E-state index in [0.717, 1.165) is 12.8 Å². The molecule has 1 aromatic carbocycles. The highest BCUT2D eigenvalue weighted by Gasteiger charge is 2.39. The second-order valence-electron chi connectivity index (χ2n) is 11.1. The number of amides is 3. The van der Waals surface area contributed by atoms with Gasteiger partial charge in [0, 0.05) is 43.3 Å². The number of hydrogen-bond donors (Lipinski definition) is 2. The topological polar surface area (TPSA) is 122 Å². The summed E-state index contributed by atoms with van der Waals surface area (Å²) in [6.45, 7) is 7.78. The second kappa shape index (κ2) is 10.6. The van der Waals surface area contributed by atoms with Gasteiger partial charge in [-0.25, -0.2) is 14.2 Å². The van der Waals surface area contributed by atoms with Gasteiger partial charge in [-0.05, 0) is 57.9 Å². The Morgan fingerprint density at radius 2 is 1.83 bits per heavy atom. The molecule has 2 fully saturated rings. The zero-order valence-corrected chi connectivity index (χ0v) is 23.2. The van der Waals surface area contributed by atoms with Crippen LogP contribution in [0.25, 0.3) is 11.3 Å². The summed E-state index contributed by atoms with van der Waals surface area (Å²) in [5, 5.41) is 5.16. The third kappa shape index (κ3) is 5.51. The second-order valence-corrected chi connectivity index (χ2v) is 11.1. The van der Waals surface area contributed by atoms with Gasteiger partial charge < -0.3 is 29.9 Å². The smallest absolute Gasteiger partial charge is 0.323 e. The van der Waals surface area contributed by atoms with Crippen molar-refractivity contribution in [2.45, 2.75) is 51.4 Å². The standard InChI is InChI=1S/C29H32FN7O4/c1-4-36-16-29(2,3)41-25-23(26(36)38)24(34-27(35-25)37-14-19-6-7-20(15-37)40-19)17-5-8-22(21(30)13-17)33-28(39)32-18-9-11-31-12-10-18/h5,8-13,19-20H,4,6-7,14-16H2,1-3H3,(H2,31,32,33,39). The van der Waals surface area contributed by atoms with Crippen molar-refractivity contribution in [1.29, 1.82) is 0 Å². The van der Waals surface area contributed by atoms with Crippen molar-refractivity contribution in [1.82, 2.24) is 19.9 Å². The van der Waals surface area contributed by atoms with Crippen LogP contribution in [0, 0.1) is 5.82 Å². The van der Waals surface area contributed by atoms with Crippen LogP contribution in [0.3, 0.4) is 0 Å². The van der Waals surface area contributed by atoms with Crippen molar-refractivity contribution in [3.63, 3.8) is 0 Å². The maximum absolute atomic E-state index is 15.4. The number of hydrogen-bond acceptors (Lipinski definition) is 8. The SMILES string of the molecule is CCN1CC(C)(C)Oc2nc(N3CC4CCC(C3)O4)nc(-c3ccc(NC(=O)Nc4ccncc4)c(F)c3)c2C1=O. The number of pyridine rings is 1. The van der Waals surface area contributed by atoms with Gasteiger partial charge in [0.05, 0.1) is 30.1 Å². The highest BCUT2D eigenvalue weighted by atomic mass is 19.1. The van der Waals surface area contributed by atoms with Gasteiger partial charge in [0.1, 0.15) is 17.0 Å². The Morgan fingerprint density at radius 3 is 2.51 bits per heavy atom. The normalized spacial score (nSPS) is 21.1. The highest BCUT2D eigenvalue weighted by Crippen LogP contribution is 2.38. The molecule has 0 saturated carbocycles. The number of halogens is 1. The maximum Gasteiger partial charge on any atom is 0.323 e. The maximum atomic E-state index is 15.4. The number of ether oxygens (including phenoxy) is 2. The molecule has 214 valence electrons. The molecule has 2 atom stereocenters. The summed E-state index contributed by atoms with van der Waals surface area (Å²) >= 11 is 0. The number of fused-ring (bicyclic) bond motifs is 3. The van der Waals surface area contributed by atoms with Crippen LogP contribution >= 0.6 is 0 Å². The highest BCUT2D eigenvalue weighted by molar-refractivity contribution is 6.03. The van der Waals surface area contributed by atoms with E-state index in [1.54, 1.807) is 23.1 Å². The fraction of sp³-hybridized carbons (Fsp3) is 0.414. The molecule has 0 spiro atoms. The molecule has 0 radical (unpaired) electrons. The minimum atomic E-state index is -0.703. The molecule has 2 bridgehead atoms. The van der Waals surface area contributed by atoms with Crippen LogP contribution in [0.5, 0.6) is 5.88 Å².